The van der Waals surface area contributed by atoms with Crippen molar-refractivity contribution in [2.45, 2.75) is 56.6 Å². The molecular weight excluding hydrogens is 238 g/mol. The summed E-state index contributed by atoms with van der Waals surface area (Å²) in [5.41, 5.74) is 1.72. The van der Waals surface area contributed by atoms with Crippen molar-refractivity contribution in [3.63, 3.8) is 0 Å². The molecule has 1 aliphatic carbocycles. The smallest absolute Gasteiger partial charge is 0.0949 e. The summed E-state index contributed by atoms with van der Waals surface area (Å²) in [6.45, 7) is 5.55. The Morgan fingerprint density at radius 1 is 1.32 bits per heavy atom. The summed E-state index contributed by atoms with van der Waals surface area (Å²) in [5.74, 6) is 0. The third-order valence-corrected chi connectivity index (χ3v) is 5.19. The first-order chi connectivity index (χ1) is 9.18. The van der Waals surface area contributed by atoms with Crippen LogP contribution in [0.4, 0.5) is 0 Å². The van der Waals surface area contributed by atoms with Gasteiger partial charge < -0.3 is 14.6 Å². The second-order valence-electron chi connectivity index (χ2n) is 6.46. The molecule has 0 aromatic carbocycles. The highest BCUT2D eigenvalue weighted by Crippen LogP contribution is 2.39. The zero-order chi connectivity index (χ0) is 13.3. The first-order valence-electron chi connectivity index (χ1n) is 7.44. The molecule has 1 aliphatic heterocycles. The Hall–Kier alpha value is -0.870. The van der Waals surface area contributed by atoms with Crippen LogP contribution in [0.2, 0.25) is 0 Å². The van der Waals surface area contributed by atoms with Gasteiger partial charge in [-0.1, -0.05) is 6.92 Å². The van der Waals surface area contributed by atoms with E-state index in [9.17, 15) is 0 Å². The van der Waals surface area contributed by atoms with Gasteiger partial charge >= 0.3 is 0 Å². The van der Waals surface area contributed by atoms with Gasteiger partial charge in [-0.15, -0.1) is 0 Å². The minimum absolute atomic E-state index is 0.0682. The van der Waals surface area contributed by atoms with E-state index in [1.54, 1.807) is 0 Å². The lowest BCUT2D eigenvalue weighted by Crippen LogP contribution is -2.45. The zero-order valence-electron chi connectivity index (χ0n) is 12.1. The molecule has 1 N–H and O–H groups in total. The highest BCUT2D eigenvalue weighted by Gasteiger charge is 2.39. The fourth-order valence-corrected chi connectivity index (χ4v) is 3.49. The number of imidazole rings is 1. The number of aromatic nitrogens is 2. The van der Waals surface area contributed by atoms with Crippen molar-refractivity contribution in [2.75, 3.05) is 20.2 Å². The summed E-state index contributed by atoms with van der Waals surface area (Å²) in [6.07, 6.45) is 10.1. The summed E-state index contributed by atoms with van der Waals surface area (Å²) in [6, 6.07) is 0. The molecule has 3 rings (SSSR count). The molecule has 19 heavy (non-hydrogen) atoms. The third kappa shape index (κ3) is 2.32. The van der Waals surface area contributed by atoms with Crippen LogP contribution in [-0.2, 0) is 16.7 Å². The number of hydrogen-bond acceptors (Lipinski definition) is 3. The minimum Gasteiger partial charge on any atom is -0.376 e. The normalized spacial score (nSPS) is 24.9. The van der Waals surface area contributed by atoms with Gasteiger partial charge in [-0.3, -0.25) is 0 Å². The van der Waals surface area contributed by atoms with Crippen molar-refractivity contribution >= 4 is 0 Å². The van der Waals surface area contributed by atoms with Gasteiger partial charge in [-0.05, 0) is 45.2 Å². The van der Waals surface area contributed by atoms with Gasteiger partial charge in [0.25, 0.3) is 0 Å². The first-order valence-corrected chi connectivity index (χ1v) is 7.44. The molecule has 2 heterocycles. The molecule has 0 unspecified atom stereocenters. The van der Waals surface area contributed by atoms with Gasteiger partial charge in [0.05, 0.1) is 18.5 Å². The monoisotopic (exact) mass is 263 g/mol. The fourth-order valence-electron chi connectivity index (χ4n) is 3.49. The number of hydrogen-bond donors (Lipinski definition) is 1. The van der Waals surface area contributed by atoms with E-state index in [0.29, 0.717) is 0 Å². The molecule has 2 fully saturated rings. The quantitative estimate of drug-likeness (QED) is 0.904. The lowest BCUT2D eigenvalue weighted by atomic mass is 9.77. The van der Waals surface area contributed by atoms with Crippen LogP contribution in [-0.4, -0.2) is 35.4 Å². The van der Waals surface area contributed by atoms with E-state index in [2.05, 4.69) is 28.0 Å². The van der Waals surface area contributed by atoms with E-state index in [0.717, 1.165) is 19.6 Å². The number of methoxy groups -OCH3 is 1. The van der Waals surface area contributed by atoms with Crippen LogP contribution in [0.15, 0.2) is 12.5 Å². The molecule has 1 aromatic rings. The van der Waals surface area contributed by atoms with E-state index in [1.165, 1.54) is 37.8 Å². The molecule has 0 atom stereocenters. The average molecular weight is 263 g/mol. The predicted octanol–water partition coefficient (Wildman–Crippen LogP) is 2.09. The molecule has 106 valence electrons. The summed E-state index contributed by atoms with van der Waals surface area (Å²) in [5, 5.41) is 3.45. The van der Waals surface area contributed by atoms with Crippen LogP contribution >= 0.6 is 0 Å². The highest BCUT2D eigenvalue weighted by atomic mass is 16.5. The molecule has 1 saturated heterocycles. The van der Waals surface area contributed by atoms with Crippen molar-refractivity contribution in [1.82, 2.24) is 14.9 Å². The minimum atomic E-state index is 0.0682. The van der Waals surface area contributed by atoms with Gasteiger partial charge in [0, 0.05) is 24.4 Å². The van der Waals surface area contributed by atoms with Crippen molar-refractivity contribution in [3.05, 3.63) is 18.2 Å². The second kappa shape index (κ2) is 4.91. The average Bonchev–Trinajstić information content (AvgIpc) is 2.83. The van der Waals surface area contributed by atoms with E-state index in [1.807, 2.05) is 13.4 Å². The van der Waals surface area contributed by atoms with Crippen LogP contribution in [0.5, 0.6) is 0 Å². The van der Waals surface area contributed by atoms with Gasteiger partial charge in [-0.25, -0.2) is 4.98 Å². The van der Waals surface area contributed by atoms with Crippen molar-refractivity contribution < 1.29 is 4.74 Å². The summed E-state index contributed by atoms with van der Waals surface area (Å²) < 4.78 is 8.10. The van der Waals surface area contributed by atoms with E-state index < -0.39 is 0 Å². The standard InChI is InChI=1S/C15H25N3O/c1-14(6-8-16-9-7-14)13-10-17-12-18(13)11-15(19-2)4-3-5-15/h10,12,16H,3-9,11H2,1-2H3. The Kier molecular flexibility index (Phi) is 3.39. The van der Waals surface area contributed by atoms with Gasteiger partial charge in [0.1, 0.15) is 0 Å². The maximum Gasteiger partial charge on any atom is 0.0949 e. The van der Waals surface area contributed by atoms with Crippen LogP contribution < -0.4 is 5.32 Å². The highest BCUT2D eigenvalue weighted by molar-refractivity contribution is 5.16. The van der Waals surface area contributed by atoms with Crippen molar-refractivity contribution in [1.29, 1.82) is 0 Å². The summed E-state index contributed by atoms with van der Waals surface area (Å²) >= 11 is 0. The maximum absolute atomic E-state index is 5.76. The molecular formula is C15H25N3O. The van der Waals surface area contributed by atoms with Crippen LogP contribution in [0.1, 0.15) is 44.7 Å². The zero-order valence-corrected chi connectivity index (χ0v) is 12.1. The Morgan fingerprint density at radius 3 is 2.63 bits per heavy atom. The topological polar surface area (TPSA) is 39.1 Å². The Bertz CT molecular complexity index is 425. The van der Waals surface area contributed by atoms with Crippen LogP contribution in [0.25, 0.3) is 0 Å². The van der Waals surface area contributed by atoms with Crippen molar-refractivity contribution in [3.8, 4) is 0 Å². The van der Waals surface area contributed by atoms with Gasteiger partial charge in [0.15, 0.2) is 0 Å². The first kappa shape index (κ1) is 13.1. The number of rotatable bonds is 4. The van der Waals surface area contributed by atoms with Crippen LogP contribution in [0.3, 0.4) is 0 Å². The molecule has 0 spiro atoms. The molecule has 2 aliphatic rings. The molecule has 0 amide bonds. The number of ether oxygens (including phenoxy) is 1. The van der Waals surface area contributed by atoms with Gasteiger partial charge in [-0.2, -0.15) is 0 Å². The Morgan fingerprint density at radius 2 is 2.05 bits per heavy atom. The fraction of sp³-hybridized carbons (Fsp3) is 0.800. The lowest BCUT2D eigenvalue weighted by Gasteiger charge is -2.42. The predicted molar refractivity (Wildman–Crippen MR) is 75.3 cm³/mol. The summed E-state index contributed by atoms with van der Waals surface area (Å²) in [7, 11) is 1.85. The molecule has 1 aromatic heterocycles. The van der Waals surface area contributed by atoms with Crippen LogP contribution in [0, 0.1) is 0 Å². The molecule has 1 saturated carbocycles. The Balaban J connectivity index is 1.81. The third-order valence-electron chi connectivity index (χ3n) is 5.19. The molecule has 0 bridgehead atoms. The summed E-state index contributed by atoms with van der Waals surface area (Å²) in [4.78, 5) is 4.41. The molecule has 4 heteroatoms. The lowest BCUT2D eigenvalue weighted by molar-refractivity contribution is -0.0843. The van der Waals surface area contributed by atoms with E-state index in [4.69, 9.17) is 4.74 Å². The van der Waals surface area contributed by atoms with Crippen molar-refractivity contribution in [2.24, 2.45) is 0 Å². The number of nitrogens with one attached hydrogen (secondary N) is 1. The number of piperidine rings is 1. The van der Waals surface area contributed by atoms with Gasteiger partial charge in [0.2, 0.25) is 0 Å². The maximum atomic E-state index is 5.76. The van der Waals surface area contributed by atoms with E-state index >= 15 is 0 Å². The Labute approximate surface area is 115 Å². The second-order valence-corrected chi connectivity index (χ2v) is 6.46. The molecule has 4 nitrogen and oxygen atoms in total. The SMILES string of the molecule is COC1(Cn2cncc2C2(C)CCNCC2)CCC1. The molecule has 0 radical (unpaired) electrons. The largest absolute Gasteiger partial charge is 0.376 e. The van der Waals surface area contributed by atoms with E-state index in [-0.39, 0.29) is 11.0 Å². The number of nitrogens with zero attached hydrogens (tertiary/aromatic N) is 2.